The number of rotatable bonds is 6. The van der Waals surface area contributed by atoms with Gasteiger partial charge in [-0.2, -0.15) is 0 Å². The normalized spacial score (nSPS) is 11.7. The maximum Gasteiger partial charge on any atom is 0.216 e. The van der Waals surface area contributed by atoms with E-state index in [9.17, 15) is 0 Å². The number of nitrogens with zero attached hydrogens (tertiary/aromatic N) is 4. The van der Waals surface area contributed by atoms with Gasteiger partial charge in [0.15, 0.2) is 0 Å². The first kappa shape index (κ1) is 38.1. The van der Waals surface area contributed by atoms with Gasteiger partial charge in [-0.05, 0) is 65.0 Å². The fourth-order valence-corrected chi connectivity index (χ4v) is 7.76. The molecule has 0 aliphatic rings. The minimum absolute atomic E-state index is 0. The van der Waals surface area contributed by atoms with Crippen LogP contribution in [0.2, 0.25) is 19.6 Å². The first-order valence-electron chi connectivity index (χ1n) is 18.2. The van der Waals surface area contributed by atoms with Gasteiger partial charge in [0.2, 0.25) is 5.71 Å². The van der Waals surface area contributed by atoms with Crippen LogP contribution >= 0.6 is 0 Å². The number of para-hydroxylation sites is 3. The molecule has 1 radical (unpaired) electrons. The van der Waals surface area contributed by atoms with E-state index in [1.165, 1.54) is 27.6 Å². The van der Waals surface area contributed by atoms with Crippen molar-refractivity contribution in [2.24, 2.45) is 0 Å². The Bertz CT molecular complexity index is 2500. The van der Waals surface area contributed by atoms with Crippen molar-refractivity contribution in [1.82, 2.24) is 19.5 Å². The molecule has 0 aliphatic heterocycles. The first-order chi connectivity index (χ1) is 24.9. The Labute approximate surface area is 327 Å². The third-order valence-electron chi connectivity index (χ3n) is 9.66. The molecule has 7 heteroatoms. The number of aromatic nitrogens is 4. The maximum absolute atomic E-state index is 6.37. The predicted octanol–water partition coefficient (Wildman–Crippen LogP) is 11.7. The molecule has 8 aromatic rings. The number of furan rings is 1. The number of hydrogen-bond donors (Lipinski definition) is 0. The fourth-order valence-electron chi connectivity index (χ4n) is 6.73. The molecule has 0 spiro atoms. The Morgan fingerprint density at radius 2 is 1.47 bits per heavy atom. The number of benzene rings is 4. The second-order valence-corrected chi connectivity index (χ2v) is 20.4. The average molecular weight is 891 g/mol. The molecule has 0 saturated carbocycles. The summed E-state index contributed by atoms with van der Waals surface area (Å²) in [4.78, 5) is 14.3. The van der Waals surface area contributed by atoms with Crippen molar-refractivity contribution < 1.29 is 24.5 Å². The zero-order chi connectivity index (χ0) is 36.7. The third kappa shape index (κ3) is 7.57. The maximum atomic E-state index is 6.37. The van der Waals surface area contributed by atoms with E-state index in [1.807, 2.05) is 37.4 Å². The molecule has 8 rings (SSSR count). The summed E-state index contributed by atoms with van der Waals surface area (Å²) in [5.41, 5.74) is 12.3. The Balaban J connectivity index is 0.000000226. The summed E-state index contributed by atoms with van der Waals surface area (Å²) in [6.45, 7) is 20.1. The standard InChI is InChI=1S/C31H28N3O.C15H18NSi.Ir/c1-18(2)21-10-8-11-22(19(3)4)28(21)34-27-15-7-6-14-26(27)33-30(34)25-13-9-12-23-24-17-16-20(5)32-31(24)35-29(23)25;1-12-5-7-13(8-6-12)15-10-9-14(11-16-15)17(2,3)4;/h6-12,14-19H,1-5H3;5-7,9-11H,1-4H3;/q2*-1;. The van der Waals surface area contributed by atoms with Crippen LogP contribution in [0, 0.1) is 26.0 Å². The molecular weight excluding hydrogens is 845 g/mol. The second kappa shape index (κ2) is 15.4. The van der Waals surface area contributed by atoms with Crippen molar-refractivity contribution in [2.75, 3.05) is 0 Å². The molecule has 5 nitrogen and oxygen atoms in total. The van der Waals surface area contributed by atoms with Gasteiger partial charge in [0.05, 0.1) is 30.5 Å². The van der Waals surface area contributed by atoms with Gasteiger partial charge >= 0.3 is 0 Å². The van der Waals surface area contributed by atoms with E-state index in [1.54, 1.807) is 0 Å². The van der Waals surface area contributed by atoms with Crippen molar-refractivity contribution in [3.05, 3.63) is 138 Å². The van der Waals surface area contributed by atoms with Crippen molar-refractivity contribution in [2.45, 2.75) is 73.0 Å². The van der Waals surface area contributed by atoms with E-state index in [4.69, 9.17) is 9.40 Å². The van der Waals surface area contributed by atoms with E-state index >= 15 is 0 Å². The largest absolute Gasteiger partial charge is 0.486 e. The van der Waals surface area contributed by atoms with Crippen LogP contribution in [0.15, 0.2) is 108 Å². The Morgan fingerprint density at radius 1 is 0.736 bits per heavy atom. The molecule has 271 valence electrons. The molecule has 0 atom stereocenters. The van der Waals surface area contributed by atoms with Gasteiger partial charge in [-0.3, -0.25) is 4.98 Å². The summed E-state index contributed by atoms with van der Waals surface area (Å²) in [7, 11) is -1.24. The number of fused-ring (bicyclic) bond motifs is 4. The fraction of sp³-hybridized carbons (Fsp3) is 0.239. The minimum Gasteiger partial charge on any atom is -0.486 e. The molecule has 0 unspecified atom stereocenters. The van der Waals surface area contributed by atoms with Gasteiger partial charge in [0.1, 0.15) is 0 Å². The molecule has 4 aromatic heterocycles. The molecule has 0 amide bonds. The summed E-state index contributed by atoms with van der Waals surface area (Å²) in [6, 6.07) is 40.3. The molecule has 0 N–H and O–H groups in total. The summed E-state index contributed by atoms with van der Waals surface area (Å²) in [5.74, 6) is 1.55. The van der Waals surface area contributed by atoms with Gasteiger partial charge in [-0.1, -0.05) is 108 Å². The van der Waals surface area contributed by atoms with E-state index in [-0.39, 0.29) is 20.1 Å². The first-order valence-corrected chi connectivity index (χ1v) is 21.7. The minimum atomic E-state index is -1.24. The summed E-state index contributed by atoms with van der Waals surface area (Å²) < 4.78 is 8.68. The summed E-state index contributed by atoms with van der Waals surface area (Å²) >= 11 is 0. The van der Waals surface area contributed by atoms with Crippen molar-refractivity contribution in [3.8, 4) is 28.3 Å². The van der Waals surface area contributed by atoms with Crippen LogP contribution in [0.1, 0.15) is 61.9 Å². The second-order valence-electron chi connectivity index (χ2n) is 15.3. The van der Waals surface area contributed by atoms with Gasteiger partial charge in [-0.25, -0.2) is 4.98 Å². The van der Waals surface area contributed by atoms with Gasteiger partial charge in [0.25, 0.3) is 0 Å². The Morgan fingerprint density at radius 3 is 2.11 bits per heavy atom. The molecular formula is C46H46IrN4OSi-2. The predicted molar refractivity (Wildman–Crippen MR) is 220 cm³/mol. The SMILES string of the molecule is Cc1c[c-]c(-c2ccc([Si](C)(C)C)cn2)cc1.Cc1ccc2c(n1)oc1c(-c3nc4ccccc4n3-c3c(C(C)C)cccc3C(C)C)[c-]ccc12.[Ir]. The summed E-state index contributed by atoms with van der Waals surface area (Å²) in [5, 5.41) is 3.43. The zero-order valence-corrected chi connectivity index (χ0v) is 35.4. The van der Waals surface area contributed by atoms with Crippen LogP contribution in [-0.2, 0) is 20.1 Å². The van der Waals surface area contributed by atoms with Gasteiger partial charge in [-0.15, -0.1) is 53.6 Å². The molecule has 53 heavy (non-hydrogen) atoms. The quantitative estimate of drug-likeness (QED) is 0.123. The zero-order valence-electron chi connectivity index (χ0n) is 32.0. The van der Waals surface area contributed by atoms with E-state index < -0.39 is 8.07 Å². The Hall–Kier alpha value is -4.68. The van der Waals surface area contributed by atoms with Crippen LogP contribution in [0.4, 0.5) is 0 Å². The van der Waals surface area contributed by atoms with Crippen LogP contribution in [0.5, 0.6) is 0 Å². The van der Waals surface area contributed by atoms with Crippen molar-refractivity contribution in [3.63, 3.8) is 0 Å². The topological polar surface area (TPSA) is 56.7 Å². The molecule has 0 fully saturated rings. The van der Waals surface area contributed by atoms with E-state index in [0.717, 1.165) is 55.7 Å². The molecule has 4 aromatic carbocycles. The average Bonchev–Trinajstić information content (AvgIpc) is 3.69. The van der Waals surface area contributed by atoms with Crippen LogP contribution in [0.3, 0.4) is 0 Å². The smallest absolute Gasteiger partial charge is 0.216 e. The number of aryl methyl sites for hydroxylation is 2. The van der Waals surface area contributed by atoms with Crippen molar-refractivity contribution in [1.29, 1.82) is 0 Å². The van der Waals surface area contributed by atoms with Crippen molar-refractivity contribution >= 4 is 46.4 Å². The Kier molecular flexibility index (Phi) is 11.0. The summed E-state index contributed by atoms with van der Waals surface area (Å²) in [6.07, 6.45) is 2.02. The third-order valence-corrected chi connectivity index (χ3v) is 11.7. The number of hydrogen-bond acceptors (Lipinski definition) is 4. The molecule has 0 aliphatic carbocycles. The molecule has 4 heterocycles. The van der Waals surface area contributed by atoms with Gasteiger partial charge < -0.3 is 14.0 Å². The molecule has 0 bridgehead atoms. The van der Waals surface area contributed by atoms with Crippen LogP contribution < -0.4 is 5.19 Å². The van der Waals surface area contributed by atoms with Crippen LogP contribution in [0.25, 0.3) is 61.4 Å². The number of imidazole rings is 1. The van der Waals surface area contributed by atoms with Gasteiger partial charge in [0, 0.05) is 43.1 Å². The monoisotopic (exact) mass is 891 g/mol. The number of pyridine rings is 2. The van der Waals surface area contributed by atoms with E-state index in [0.29, 0.717) is 17.5 Å². The van der Waals surface area contributed by atoms with E-state index in [2.05, 4.69) is 154 Å². The molecule has 0 saturated heterocycles. The van der Waals surface area contributed by atoms with Crippen LogP contribution in [-0.4, -0.2) is 27.6 Å².